The zero-order chi connectivity index (χ0) is 16.9. The van der Waals surface area contributed by atoms with Crippen molar-refractivity contribution in [3.05, 3.63) is 35.9 Å². The van der Waals surface area contributed by atoms with Crippen molar-refractivity contribution in [1.29, 1.82) is 0 Å². The first-order valence-corrected chi connectivity index (χ1v) is 8.98. The summed E-state index contributed by atoms with van der Waals surface area (Å²) in [6.07, 6.45) is 5.49. The molecule has 0 radical (unpaired) electrons. The van der Waals surface area contributed by atoms with Gasteiger partial charge < -0.3 is 15.2 Å². The lowest BCUT2D eigenvalue weighted by atomic mass is 9.95. The second-order valence-corrected chi connectivity index (χ2v) is 6.54. The Morgan fingerprint density at radius 2 is 1.92 bits per heavy atom. The van der Waals surface area contributed by atoms with Gasteiger partial charge in [-0.05, 0) is 18.9 Å². The van der Waals surface area contributed by atoms with Gasteiger partial charge in [0.15, 0.2) is 0 Å². The summed E-state index contributed by atoms with van der Waals surface area (Å²) in [5.74, 6) is 0.676. The molecular weight excluding hydrogens is 326 g/mol. The SMILES string of the molecule is O=C(NC1CCCCC1)c1cc(OCCCl)c2ccccc2c1O. The number of phenols is 1. The van der Waals surface area contributed by atoms with Gasteiger partial charge in [-0.3, -0.25) is 4.79 Å². The lowest BCUT2D eigenvalue weighted by Crippen LogP contribution is -2.36. The molecule has 128 valence electrons. The van der Waals surface area contributed by atoms with E-state index in [4.69, 9.17) is 16.3 Å². The third-order valence-electron chi connectivity index (χ3n) is 4.50. The van der Waals surface area contributed by atoms with Crippen molar-refractivity contribution in [3.63, 3.8) is 0 Å². The predicted molar refractivity (Wildman–Crippen MR) is 96.2 cm³/mol. The minimum absolute atomic E-state index is 0.00265. The molecule has 0 unspecified atom stereocenters. The summed E-state index contributed by atoms with van der Waals surface area (Å²) in [6, 6.07) is 9.15. The van der Waals surface area contributed by atoms with Crippen molar-refractivity contribution >= 4 is 28.3 Å². The summed E-state index contributed by atoms with van der Waals surface area (Å²) in [5.41, 5.74) is 0.254. The average molecular weight is 348 g/mol. The molecule has 1 aliphatic carbocycles. The molecule has 0 spiro atoms. The zero-order valence-corrected chi connectivity index (χ0v) is 14.3. The van der Waals surface area contributed by atoms with E-state index in [0.717, 1.165) is 31.1 Å². The number of phenolic OH excluding ortho intramolecular Hbond substituents is 1. The Morgan fingerprint density at radius 1 is 1.21 bits per heavy atom. The van der Waals surface area contributed by atoms with E-state index >= 15 is 0 Å². The predicted octanol–water partition coefficient (Wildman–Crippen LogP) is 4.23. The number of alkyl halides is 1. The maximum Gasteiger partial charge on any atom is 0.255 e. The van der Waals surface area contributed by atoms with Crippen molar-refractivity contribution in [2.45, 2.75) is 38.1 Å². The molecule has 1 amide bonds. The summed E-state index contributed by atoms with van der Waals surface area (Å²) in [4.78, 5) is 12.7. The molecule has 2 aromatic rings. The highest BCUT2D eigenvalue weighted by Gasteiger charge is 2.21. The fourth-order valence-corrected chi connectivity index (χ4v) is 3.36. The highest BCUT2D eigenvalue weighted by atomic mass is 35.5. The van der Waals surface area contributed by atoms with Gasteiger partial charge in [-0.25, -0.2) is 0 Å². The highest BCUT2D eigenvalue weighted by Crippen LogP contribution is 2.36. The molecule has 1 aliphatic rings. The number of amides is 1. The van der Waals surface area contributed by atoms with Crippen LogP contribution in [0.1, 0.15) is 42.5 Å². The molecule has 5 heteroatoms. The Kier molecular flexibility index (Phi) is 5.46. The molecule has 2 aromatic carbocycles. The number of rotatable bonds is 5. The number of carbonyl (C=O) groups is 1. The van der Waals surface area contributed by atoms with Crippen LogP contribution in [0.4, 0.5) is 0 Å². The average Bonchev–Trinajstić information content (AvgIpc) is 2.62. The third-order valence-corrected chi connectivity index (χ3v) is 4.65. The van der Waals surface area contributed by atoms with Gasteiger partial charge in [-0.2, -0.15) is 0 Å². The Hall–Kier alpha value is -1.94. The van der Waals surface area contributed by atoms with Gasteiger partial charge in [0.1, 0.15) is 18.1 Å². The minimum atomic E-state index is -0.249. The molecule has 3 rings (SSSR count). The molecule has 24 heavy (non-hydrogen) atoms. The molecule has 0 heterocycles. The largest absolute Gasteiger partial charge is 0.506 e. The smallest absolute Gasteiger partial charge is 0.255 e. The molecule has 1 fully saturated rings. The Labute approximate surface area is 146 Å². The van der Waals surface area contributed by atoms with Gasteiger partial charge in [-0.15, -0.1) is 11.6 Å². The van der Waals surface area contributed by atoms with Crippen LogP contribution >= 0.6 is 11.6 Å². The molecule has 0 atom stereocenters. The number of carbonyl (C=O) groups excluding carboxylic acids is 1. The molecule has 0 aromatic heterocycles. The van der Waals surface area contributed by atoms with E-state index in [1.807, 2.05) is 18.2 Å². The van der Waals surface area contributed by atoms with Crippen LogP contribution in [0.25, 0.3) is 10.8 Å². The lowest BCUT2D eigenvalue weighted by molar-refractivity contribution is 0.0925. The maximum atomic E-state index is 12.7. The Morgan fingerprint density at radius 3 is 2.62 bits per heavy atom. The van der Waals surface area contributed by atoms with Crippen LogP contribution in [-0.2, 0) is 0 Å². The van der Waals surface area contributed by atoms with E-state index in [0.29, 0.717) is 23.6 Å². The molecular formula is C19H22ClNO3. The van der Waals surface area contributed by atoms with Crippen molar-refractivity contribution in [2.24, 2.45) is 0 Å². The monoisotopic (exact) mass is 347 g/mol. The number of hydrogen-bond acceptors (Lipinski definition) is 3. The van der Waals surface area contributed by atoms with Crippen LogP contribution in [0.2, 0.25) is 0 Å². The molecule has 2 N–H and O–H groups in total. The van der Waals surface area contributed by atoms with E-state index < -0.39 is 0 Å². The number of halogens is 1. The van der Waals surface area contributed by atoms with Crippen LogP contribution in [0, 0.1) is 0 Å². The molecule has 0 saturated heterocycles. The minimum Gasteiger partial charge on any atom is -0.506 e. The summed E-state index contributed by atoms with van der Waals surface area (Å²) >= 11 is 5.71. The first kappa shape index (κ1) is 16.9. The standard InChI is InChI=1S/C19H22ClNO3/c20-10-11-24-17-12-16(18(22)15-9-5-4-8-14(15)17)19(23)21-13-6-2-1-3-7-13/h4-5,8-9,12-13,22H,1-3,6-7,10-11H2,(H,21,23). The summed E-state index contributed by atoms with van der Waals surface area (Å²) < 4.78 is 5.68. The normalized spacial score (nSPS) is 15.4. The van der Waals surface area contributed by atoms with E-state index in [1.54, 1.807) is 12.1 Å². The van der Waals surface area contributed by atoms with Crippen molar-refractivity contribution in [3.8, 4) is 11.5 Å². The highest BCUT2D eigenvalue weighted by molar-refractivity contribution is 6.18. The second kappa shape index (κ2) is 7.75. The van der Waals surface area contributed by atoms with Gasteiger partial charge in [0.25, 0.3) is 5.91 Å². The number of fused-ring (bicyclic) bond motifs is 1. The van der Waals surface area contributed by atoms with Crippen LogP contribution in [-0.4, -0.2) is 29.5 Å². The maximum absolute atomic E-state index is 12.7. The van der Waals surface area contributed by atoms with Crippen molar-refractivity contribution < 1.29 is 14.6 Å². The number of benzene rings is 2. The second-order valence-electron chi connectivity index (χ2n) is 6.16. The van der Waals surface area contributed by atoms with E-state index in [1.165, 1.54) is 6.42 Å². The fourth-order valence-electron chi connectivity index (χ4n) is 3.28. The summed E-state index contributed by atoms with van der Waals surface area (Å²) in [5, 5.41) is 15.0. The van der Waals surface area contributed by atoms with Gasteiger partial charge in [0, 0.05) is 16.8 Å². The van der Waals surface area contributed by atoms with Crippen LogP contribution in [0.5, 0.6) is 11.5 Å². The Bertz CT molecular complexity index is 726. The van der Waals surface area contributed by atoms with Crippen molar-refractivity contribution in [2.75, 3.05) is 12.5 Å². The van der Waals surface area contributed by atoms with Gasteiger partial charge in [-0.1, -0.05) is 43.5 Å². The summed E-state index contributed by atoms with van der Waals surface area (Å²) in [6.45, 7) is 0.347. The Balaban J connectivity index is 1.93. The van der Waals surface area contributed by atoms with Crippen LogP contribution in [0.15, 0.2) is 30.3 Å². The fraction of sp³-hybridized carbons (Fsp3) is 0.421. The summed E-state index contributed by atoms with van der Waals surface area (Å²) in [7, 11) is 0. The number of ether oxygens (including phenoxy) is 1. The quantitative estimate of drug-likeness (QED) is 0.796. The third kappa shape index (κ3) is 3.59. The van der Waals surface area contributed by atoms with Gasteiger partial charge in [0.2, 0.25) is 0 Å². The van der Waals surface area contributed by atoms with Gasteiger partial charge >= 0.3 is 0 Å². The van der Waals surface area contributed by atoms with Crippen molar-refractivity contribution in [1.82, 2.24) is 5.32 Å². The van der Waals surface area contributed by atoms with Crippen LogP contribution < -0.4 is 10.1 Å². The molecule has 4 nitrogen and oxygen atoms in total. The number of aromatic hydroxyl groups is 1. The topological polar surface area (TPSA) is 58.6 Å². The molecule has 1 saturated carbocycles. The van der Waals surface area contributed by atoms with E-state index in [9.17, 15) is 9.90 Å². The van der Waals surface area contributed by atoms with E-state index in [-0.39, 0.29) is 23.3 Å². The molecule has 0 bridgehead atoms. The van der Waals surface area contributed by atoms with E-state index in [2.05, 4.69) is 5.32 Å². The first-order chi connectivity index (χ1) is 11.7. The lowest BCUT2D eigenvalue weighted by Gasteiger charge is -2.23. The van der Waals surface area contributed by atoms with Gasteiger partial charge in [0.05, 0.1) is 11.4 Å². The zero-order valence-electron chi connectivity index (χ0n) is 13.6. The molecule has 0 aliphatic heterocycles. The first-order valence-electron chi connectivity index (χ1n) is 8.45. The van der Waals surface area contributed by atoms with Crippen LogP contribution in [0.3, 0.4) is 0 Å². The number of nitrogens with one attached hydrogen (secondary N) is 1. The number of hydrogen-bond donors (Lipinski definition) is 2.